The molecule has 2 atom stereocenters. The van der Waals surface area contributed by atoms with Crippen molar-refractivity contribution in [3.8, 4) is 0 Å². The molecule has 1 aliphatic rings. The number of hydrogen-bond acceptors (Lipinski definition) is 4. The molecule has 0 saturated heterocycles. The summed E-state index contributed by atoms with van der Waals surface area (Å²) in [4.78, 5) is 22.3. The zero-order valence-corrected chi connectivity index (χ0v) is 7.69. The van der Waals surface area contributed by atoms with Gasteiger partial charge in [0.05, 0.1) is 11.8 Å². The Bertz CT molecular complexity index is 207. The van der Waals surface area contributed by atoms with Crippen LogP contribution in [0.4, 0.5) is 0 Å². The minimum atomic E-state index is -0.557. The fourth-order valence-corrected chi connectivity index (χ4v) is 1.92. The Kier molecular flexibility index (Phi) is 3.84. The first-order valence-corrected chi connectivity index (χ1v) is 4.58. The molecule has 0 aliphatic heterocycles. The van der Waals surface area contributed by atoms with Gasteiger partial charge in [-0.25, -0.2) is 11.0 Å². The number of carbonyl (C=O) groups is 2. The molecule has 2 amide bonds. The molecular weight excluding hydrogens is 188 g/mol. The SMILES string of the molecule is O=C(NO)[C@H]1CCCC[C@H]1C(=O)NO. The van der Waals surface area contributed by atoms with Crippen molar-refractivity contribution in [3.63, 3.8) is 0 Å². The van der Waals surface area contributed by atoms with E-state index in [1.807, 2.05) is 0 Å². The lowest BCUT2D eigenvalue weighted by molar-refractivity contribution is -0.145. The van der Waals surface area contributed by atoms with Gasteiger partial charge in [-0.05, 0) is 12.8 Å². The number of hydroxylamine groups is 2. The fourth-order valence-electron chi connectivity index (χ4n) is 1.92. The van der Waals surface area contributed by atoms with Crippen molar-refractivity contribution < 1.29 is 20.0 Å². The standard InChI is InChI=1S/C8H14N2O4/c11-7(9-13)5-3-1-2-4-6(5)8(12)10-14/h5-6,13-14H,1-4H2,(H,9,11)(H,10,12)/t5-,6+. The van der Waals surface area contributed by atoms with E-state index >= 15 is 0 Å². The van der Waals surface area contributed by atoms with E-state index in [1.165, 1.54) is 0 Å². The molecular formula is C8H14N2O4. The first-order chi connectivity index (χ1) is 6.70. The van der Waals surface area contributed by atoms with Crippen molar-refractivity contribution >= 4 is 11.8 Å². The van der Waals surface area contributed by atoms with Crippen molar-refractivity contribution in [1.29, 1.82) is 0 Å². The summed E-state index contributed by atoms with van der Waals surface area (Å²) in [6.07, 6.45) is 2.83. The van der Waals surface area contributed by atoms with Crippen LogP contribution in [-0.4, -0.2) is 22.2 Å². The zero-order valence-electron chi connectivity index (χ0n) is 7.69. The predicted molar refractivity (Wildman–Crippen MR) is 45.3 cm³/mol. The van der Waals surface area contributed by atoms with Crippen LogP contribution in [0.1, 0.15) is 25.7 Å². The van der Waals surface area contributed by atoms with Gasteiger partial charge < -0.3 is 0 Å². The molecule has 0 bridgehead atoms. The molecule has 6 heteroatoms. The van der Waals surface area contributed by atoms with Gasteiger partial charge in [0.25, 0.3) is 0 Å². The van der Waals surface area contributed by atoms with Crippen molar-refractivity contribution in [2.75, 3.05) is 0 Å². The lowest BCUT2D eigenvalue weighted by Gasteiger charge is -2.27. The van der Waals surface area contributed by atoms with Crippen LogP contribution < -0.4 is 11.0 Å². The highest BCUT2D eigenvalue weighted by Gasteiger charge is 2.35. The van der Waals surface area contributed by atoms with Crippen LogP contribution in [0, 0.1) is 11.8 Å². The Labute approximate surface area is 81.2 Å². The van der Waals surface area contributed by atoms with Gasteiger partial charge in [-0.1, -0.05) is 12.8 Å². The number of carbonyl (C=O) groups excluding carboxylic acids is 2. The van der Waals surface area contributed by atoms with E-state index in [4.69, 9.17) is 10.4 Å². The average molecular weight is 202 g/mol. The van der Waals surface area contributed by atoms with Gasteiger partial charge in [0, 0.05) is 0 Å². The summed E-state index contributed by atoms with van der Waals surface area (Å²) in [5.74, 6) is -2.20. The number of rotatable bonds is 2. The summed E-state index contributed by atoms with van der Waals surface area (Å²) >= 11 is 0. The first kappa shape index (κ1) is 10.9. The summed E-state index contributed by atoms with van der Waals surface area (Å²) in [7, 11) is 0. The van der Waals surface area contributed by atoms with E-state index in [1.54, 1.807) is 11.0 Å². The third-order valence-corrected chi connectivity index (χ3v) is 2.66. The molecule has 1 rings (SSSR count). The van der Waals surface area contributed by atoms with Gasteiger partial charge in [-0.3, -0.25) is 20.0 Å². The number of hydrogen-bond donors (Lipinski definition) is 4. The van der Waals surface area contributed by atoms with E-state index in [0.29, 0.717) is 12.8 Å². The van der Waals surface area contributed by atoms with E-state index in [2.05, 4.69) is 0 Å². The van der Waals surface area contributed by atoms with Crippen LogP contribution >= 0.6 is 0 Å². The summed E-state index contributed by atoms with van der Waals surface area (Å²) in [5.41, 5.74) is 3.09. The zero-order chi connectivity index (χ0) is 10.6. The minimum Gasteiger partial charge on any atom is -0.289 e. The maximum atomic E-state index is 11.2. The number of nitrogens with one attached hydrogen (secondary N) is 2. The van der Waals surface area contributed by atoms with Crippen LogP contribution in [0.3, 0.4) is 0 Å². The van der Waals surface area contributed by atoms with Gasteiger partial charge in [0.2, 0.25) is 11.8 Å². The van der Waals surface area contributed by atoms with Crippen molar-refractivity contribution in [2.45, 2.75) is 25.7 Å². The molecule has 80 valence electrons. The maximum Gasteiger partial charge on any atom is 0.247 e. The van der Waals surface area contributed by atoms with Crippen LogP contribution in [0.5, 0.6) is 0 Å². The summed E-state index contributed by atoms with van der Waals surface area (Å²) in [6, 6.07) is 0. The molecule has 0 aromatic heterocycles. The molecule has 0 radical (unpaired) electrons. The monoisotopic (exact) mass is 202 g/mol. The molecule has 1 aliphatic carbocycles. The summed E-state index contributed by atoms with van der Waals surface area (Å²) < 4.78 is 0. The van der Waals surface area contributed by atoms with Gasteiger partial charge in [0.1, 0.15) is 0 Å². The molecule has 0 unspecified atom stereocenters. The van der Waals surface area contributed by atoms with Crippen molar-refractivity contribution in [1.82, 2.24) is 11.0 Å². The molecule has 1 saturated carbocycles. The second-order valence-electron chi connectivity index (χ2n) is 3.45. The summed E-state index contributed by atoms with van der Waals surface area (Å²) in [6.45, 7) is 0. The van der Waals surface area contributed by atoms with E-state index in [0.717, 1.165) is 12.8 Å². The highest BCUT2D eigenvalue weighted by Crippen LogP contribution is 2.30. The highest BCUT2D eigenvalue weighted by atomic mass is 16.5. The Morgan fingerprint density at radius 1 is 0.929 bits per heavy atom. The molecule has 4 N–H and O–H groups in total. The summed E-state index contributed by atoms with van der Waals surface area (Å²) in [5, 5.41) is 16.9. The van der Waals surface area contributed by atoms with E-state index in [-0.39, 0.29) is 0 Å². The third-order valence-electron chi connectivity index (χ3n) is 2.66. The Morgan fingerprint density at radius 2 is 1.29 bits per heavy atom. The van der Waals surface area contributed by atoms with Crippen LogP contribution in [0.25, 0.3) is 0 Å². The van der Waals surface area contributed by atoms with Gasteiger partial charge >= 0.3 is 0 Å². The Balaban J connectivity index is 2.68. The molecule has 0 aromatic rings. The topological polar surface area (TPSA) is 98.7 Å². The van der Waals surface area contributed by atoms with Crippen LogP contribution in [0.15, 0.2) is 0 Å². The molecule has 0 spiro atoms. The number of amides is 2. The van der Waals surface area contributed by atoms with E-state index < -0.39 is 23.7 Å². The van der Waals surface area contributed by atoms with E-state index in [9.17, 15) is 9.59 Å². The second-order valence-corrected chi connectivity index (χ2v) is 3.45. The van der Waals surface area contributed by atoms with Crippen molar-refractivity contribution in [2.24, 2.45) is 11.8 Å². The fraction of sp³-hybridized carbons (Fsp3) is 0.750. The van der Waals surface area contributed by atoms with Crippen molar-refractivity contribution in [3.05, 3.63) is 0 Å². The highest BCUT2D eigenvalue weighted by molar-refractivity contribution is 5.86. The molecule has 14 heavy (non-hydrogen) atoms. The lowest BCUT2D eigenvalue weighted by Crippen LogP contribution is -2.42. The molecule has 0 heterocycles. The van der Waals surface area contributed by atoms with Crippen LogP contribution in [-0.2, 0) is 9.59 Å². The minimum absolute atomic E-state index is 0.541. The molecule has 1 fully saturated rings. The maximum absolute atomic E-state index is 11.2. The first-order valence-electron chi connectivity index (χ1n) is 4.58. The third kappa shape index (κ3) is 2.21. The predicted octanol–water partition coefficient (Wildman–Crippen LogP) is -0.196. The quantitative estimate of drug-likeness (QED) is 0.368. The van der Waals surface area contributed by atoms with Gasteiger partial charge in [0.15, 0.2) is 0 Å². The normalized spacial score (nSPS) is 26.7. The van der Waals surface area contributed by atoms with Crippen LogP contribution in [0.2, 0.25) is 0 Å². The second kappa shape index (κ2) is 4.92. The molecule has 0 aromatic carbocycles. The van der Waals surface area contributed by atoms with Gasteiger partial charge in [-0.15, -0.1) is 0 Å². The average Bonchev–Trinajstić information content (AvgIpc) is 2.27. The van der Waals surface area contributed by atoms with Gasteiger partial charge in [-0.2, -0.15) is 0 Å². The Morgan fingerprint density at radius 3 is 1.57 bits per heavy atom. The largest absolute Gasteiger partial charge is 0.289 e. The lowest BCUT2D eigenvalue weighted by atomic mass is 9.78. The Hall–Kier alpha value is -1.14. The smallest absolute Gasteiger partial charge is 0.247 e. The molecule has 6 nitrogen and oxygen atoms in total.